The van der Waals surface area contributed by atoms with Crippen molar-refractivity contribution in [2.45, 2.75) is 19.3 Å². The fourth-order valence-corrected chi connectivity index (χ4v) is 3.86. The first-order chi connectivity index (χ1) is 10.1. The lowest BCUT2D eigenvalue weighted by atomic mass is 9.90. The Morgan fingerprint density at radius 2 is 1.95 bits per heavy atom. The lowest BCUT2D eigenvalue weighted by Gasteiger charge is -2.31. The van der Waals surface area contributed by atoms with Crippen LogP contribution in [0.1, 0.15) is 18.4 Å². The number of rotatable bonds is 6. The summed E-state index contributed by atoms with van der Waals surface area (Å²) in [5, 5.41) is 10.9. The molecule has 1 fully saturated rings. The van der Waals surface area contributed by atoms with E-state index in [0.29, 0.717) is 16.0 Å². The van der Waals surface area contributed by atoms with E-state index in [-0.39, 0.29) is 5.75 Å². The zero-order valence-corrected chi connectivity index (χ0v) is 14.5. The summed E-state index contributed by atoms with van der Waals surface area (Å²) < 4.78 is 7.48. The molecule has 0 aliphatic carbocycles. The molecule has 1 heterocycles. The smallest absolute Gasteiger partial charge is 0.120 e. The Balaban J connectivity index is 1.82. The predicted octanol–water partition coefficient (Wildman–Crippen LogP) is 4.25. The zero-order valence-electron chi connectivity index (χ0n) is 12.1. The first kappa shape index (κ1) is 17.2. The first-order valence-corrected chi connectivity index (χ1v) is 8.83. The van der Waals surface area contributed by atoms with E-state index in [4.69, 9.17) is 27.9 Å². The number of phenols is 1. The van der Waals surface area contributed by atoms with Gasteiger partial charge < -0.3 is 9.84 Å². The summed E-state index contributed by atoms with van der Waals surface area (Å²) in [5.74, 6) is 1.85. The fourth-order valence-electron chi connectivity index (χ4n) is 2.54. The van der Waals surface area contributed by atoms with E-state index in [2.05, 4.69) is 4.31 Å². The van der Waals surface area contributed by atoms with Gasteiger partial charge in [0, 0.05) is 32.0 Å². The molecule has 118 valence electrons. The van der Waals surface area contributed by atoms with Crippen molar-refractivity contribution in [2.75, 3.05) is 32.6 Å². The van der Waals surface area contributed by atoms with Crippen molar-refractivity contribution < 1.29 is 9.84 Å². The standard InChI is InChI=1S/C15H21Cl2NO2S/c1-20-6-7-21-18-4-2-11(3-5-18)8-12-9-13(16)14(17)10-15(12)19/h9-11,19H,2-8H2,1H3. The molecule has 0 saturated carbocycles. The molecule has 0 amide bonds. The lowest BCUT2D eigenvalue weighted by molar-refractivity contribution is 0.217. The molecular weight excluding hydrogens is 329 g/mol. The van der Waals surface area contributed by atoms with Gasteiger partial charge in [-0.25, -0.2) is 0 Å². The largest absolute Gasteiger partial charge is 0.508 e. The molecule has 0 bridgehead atoms. The number of halogens is 2. The Morgan fingerprint density at radius 1 is 1.29 bits per heavy atom. The highest BCUT2D eigenvalue weighted by Crippen LogP contribution is 2.33. The third-order valence-electron chi connectivity index (χ3n) is 3.76. The van der Waals surface area contributed by atoms with Crippen LogP contribution in [-0.4, -0.2) is 42.0 Å². The number of benzene rings is 1. The number of hydrogen-bond donors (Lipinski definition) is 1. The molecule has 0 unspecified atom stereocenters. The number of aromatic hydroxyl groups is 1. The highest BCUT2D eigenvalue weighted by Gasteiger charge is 2.21. The Morgan fingerprint density at radius 3 is 2.62 bits per heavy atom. The minimum absolute atomic E-state index is 0.251. The average molecular weight is 350 g/mol. The summed E-state index contributed by atoms with van der Waals surface area (Å²) in [6.07, 6.45) is 3.14. The monoisotopic (exact) mass is 349 g/mol. The van der Waals surface area contributed by atoms with E-state index in [1.807, 2.05) is 11.9 Å². The molecule has 1 saturated heterocycles. The van der Waals surface area contributed by atoms with Gasteiger partial charge in [-0.15, -0.1) is 0 Å². The molecule has 0 radical (unpaired) electrons. The molecule has 3 nitrogen and oxygen atoms in total. The molecule has 1 aliphatic rings. The summed E-state index contributed by atoms with van der Waals surface area (Å²) in [5.41, 5.74) is 0.898. The van der Waals surface area contributed by atoms with Crippen molar-refractivity contribution in [3.8, 4) is 5.75 Å². The zero-order chi connectivity index (χ0) is 15.2. The van der Waals surface area contributed by atoms with Gasteiger partial charge >= 0.3 is 0 Å². The topological polar surface area (TPSA) is 32.7 Å². The lowest BCUT2D eigenvalue weighted by Crippen LogP contribution is -2.30. The van der Waals surface area contributed by atoms with E-state index < -0.39 is 0 Å². The van der Waals surface area contributed by atoms with Crippen LogP contribution in [0.2, 0.25) is 10.0 Å². The van der Waals surface area contributed by atoms with Crippen molar-refractivity contribution in [3.63, 3.8) is 0 Å². The third-order valence-corrected chi connectivity index (χ3v) is 5.57. The minimum Gasteiger partial charge on any atom is -0.508 e. The predicted molar refractivity (Wildman–Crippen MR) is 90.5 cm³/mol. The van der Waals surface area contributed by atoms with Gasteiger partial charge in [-0.1, -0.05) is 35.1 Å². The molecule has 1 N–H and O–H groups in total. The summed E-state index contributed by atoms with van der Waals surface area (Å²) >= 11 is 13.8. The molecule has 1 aliphatic heterocycles. The summed E-state index contributed by atoms with van der Waals surface area (Å²) in [6.45, 7) is 2.96. The third kappa shape index (κ3) is 5.22. The van der Waals surface area contributed by atoms with Gasteiger partial charge in [-0.2, -0.15) is 0 Å². The van der Waals surface area contributed by atoms with Gasteiger partial charge in [0.15, 0.2) is 0 Å². The molecule has 0 spiro atoms. The van der Waals surface area contributed by atoms with Crippen molar-refractivity contribution in [3.05, 3.63) is 27.7 Å². The first-order valence-electron chi connectivity index (χ1n) is 7.14. The maximum absolute atomic E-state index is 9.97. The van der Waals surface area contributed by atoms with Crippen LogP contribution in [0.5, 0.6) is 5.75 Å². The van der Waals surface area contributed by atoms with Crippen molar-refractivity contribution >= 4 is 35.1 Å². The molecule has 0 atom stereocenters. The maximum Gasteiger partial charge on any atom is 0.120 e. The number of phenolic OH excluding ortho intramolecular Hbond substituents is 1. The molecule has 0 aromatic heterocycles. The molecular formula is C15H21Cl2NO2S. The number of hydrogen-bond acceptors (Lipinski definition) is 4. The number of piperidine rings is 1. The number of ether oxygens (including phenoxy) is 1. The fraction of sp³-hybridized carbons (Fsp3) is 0.600. The molecule has 6 heteroatoms. The highest BCUT2D eigenvalue weighted by atomic mass is 35.5. The van der Waals surface area contributed by atoms with Gasteiger partial charge in [0.2, 0.25) is 0 Å². The minimum atomic E-state index is 0.251. The molecule has 1 aromatic rings. The Bertz CT molecular complexity index is 465. The quantitative estimate of drug-likeness (QED) is 0.614. The van der Waals surface area contributed by atoms with E-state index in [0.717, 1.165) is 50.3 Å². The molecule has 2 rings (SSSR count). The van der Waals surface area contributed by atoms with E-state index in [1.54, 1.807) is 13.2 Å². The van der Waals surface area contributed by atoms with E-state index in [9.17, 15) is 5.11 Å². The van der Waals surface area contributed by atoms with Crippen LogP contribution < -0.4 is 0 Å². The summed E-state index contributed by atoms with van der Waals surface area (Å²) in [6, 6.07) is 3.33. The van der Waals surface area contributed by atoms with E-state index >= 15 is 0 Å². The van der Waals surface area contributed by atoms with Crippen LogP contribution in [0.3, 0.4) is 0 Å². The summed E-state index contributed by atoms with van der Waals surface area (Å²) in [7, 11) is 1.73. The van der Waals surface area contributed by atoms with Crippen LogP contribution in [0.4, 0.5) is 0 Å². The van der Waals surface area contributed by atoms with E-state index in [1.165, 1.54) is 6.07 Å². The van der Waals surface area contributed by atoms with Gasteiger partial charge in [0.05, 0.1) is 16.7 Å². The Labute approximate surface area is 140 Å². The maximum atomic E-state index is 9.97. The van der Waals surface area contributed by atoms with Gasteiger partial charge in [0.1, 0.15) is 5.75 Å². The second-order valence-corrected chi connectivity index (χ2v) is 7.29. The normalized spacial score (nSPS) is 17.3. The Hall–Kier alpha value is -0.130. The van der Waals surface area contributed by atoms with Gasteiger partial charge in [-0.3, -0.25) is 4.31 Å². The van der Waals surface area contributed by atoms with Gasteiger partial charge in [-0.05, 0) is 36.8 Å². The summed E-state index contributed by atoms with van der Waals surface area (Å²) in [4.78, 5) is 0. The van der Waals surface area contributed by atoms with Crippen molar-refractivity contribution in [1.29, 1.82) is 0 Å². The highest BCUT2D eigenvalue weighted by molar-refractivity contribution is 7.97. The van der Waals surface area contributed by atoms with Crippen molar-refractivity contribution in [2.24, 2.45) is 5.92 Å². The van der Waals surface area contributed by atoms with Crippen LogP contribution in [-0.2, 0) is 11.2 Å². The second kappa shape index (κ2) is 8.49. The van der Waals surface area contributed by atoms with Crippen LogP contribution in [0, 0.1) is 5.92 Å². The average Bonchev–Trinajstić information content (AvgIpc) is 2.47. The number of nitrogens with zero attached hydrogens (tertiary/aromatic N) is 1. The van der Waals surface area contributed by atoms with Gasteiger partial charge in [0.25, 0.3) is 0 Å². The second-order valence-electron chi connectivity index (χ2n) is 5.30. The number of methoxy groups -OCH3 is 1. The van der Waals surface area contributed by atoms with Crippen LogP contribution in [0.25, 0.3) is 0 Å². The SMILES string of the molecule is COCCSN1CCC(Cc2cc(Cl)c(Cl)cc2O)CC1. The Kier molecular flexibility index (Phi) is 6.96. The van der Waals surface area contributed by atoms with Crippen molar-refractivity contribution in [1.82, 2.24) is 4.31 Å². The van der Waals surface area contributed by atoms with Crippen LogP contribution >= 0.6 is 35.1 Å². The molecule has 21 heavy (non-hydrogen) atoms. The molecule has 1 aromatic carbocycles. The van der Waals surface area contributed by atoms with Crippen LogP contribution in [0.15, 0.2) is 12.1 Å².